The summed E-state index contributed by atoms with van der Waals surface area (Å²) in [5, 5.41) is 35.6. The monoisotopic (exact) mass is 1660 g/mol. The van der Waals surface area contributed by atoms with Crippen molar-refractivity contribution in [1.29, 1.82) is 0 Å². The van der Waals surface area contributed by atoms with Gasteiger partial charge in [-0.15, -0.1) is 0 Å². The third-order valence-corrected chi connectivity index (χ3v) is 21.4. The third-order valence-electron chi connectivity index (χ3n) is 21.4. The molecule has 127 heavy (non-hydrogen) atoms. The maximum Gasteiger partial charge on any atom is 0.256 e. The van der Waals surface area contributed by atoms with Crippen molar-refractivity contribution in [1.82, 2.24) is 20.9 Å². The Kier molecular flexibility index (Phi) is 28.6. The van der Waals surface area contributed by atoms with E-state index < -0.39 is 0 Å². The molecule has 0 radical (unpaired) electrons. The van der Waals surface area contributed by atoms with Crippen molar-refractivity contribution >= 4 is 140 Å². The van der Waals surface area contributed by atoms with Crippen molar-refractivity contribution in [2.24, 2.45) is 0 Å². The highest BCUT2D eigenvalue weighted by Gasteiger charge is 2.20. The van der Waals surface area contributed by atoms with Crippen LogP contribution in [0.1, 0.15) is 80.0 Å². The van der Waals surface area contributed by atoms with E-state index in [0.717, 1.165) is 171 Å². The number of allylic oxidation sites excluding steroid dienone is 18. The quantitative estimate of drug-likeness (QED) is 0.0519. The molecule has 15 nitrogen and oxygen atoms in total. The highest BCUT2D eigenvalue weighted by Crippen LogP contribution is 2.32. The van der Waals surface area contributed by atoms with Gasteiger partial charge in [0.1, 0.15) is 0 Å². The first-order valence-corrected chi connectivity index (χ1v) is 42.0. The summed E-state index contributed by atoms with van der Waals surface area (Å²) in [7, 11) is 0. The topological polar surface area (TPSA) is 217 Å². The summed E-state index contributed by atoms with van der Waals surface area (Å²) >= 11 is 0. The normalized spacial score (nSPS) is 13.2. The fourth-order valence-electron chi connectivity index (χ4n) is 14.9. The Hall–Kier alpha value is -16.8. The van der Waals surface area contributed by atoms with Gasteiger partial charge in [-0.2, -0.15) is 0 Å². The lowest BCUT2D eigenvalue weighted by Crippen LogP contribution is -2.23. The van der Waals surface area contributed by atoms with Gasteiger partial charge in [0, 0.05) is 110 Å². The minimum Gasteiger partial charge on any atom is -0.326 e. The Balaban J connectivity index is 0.000000115. The standard InChI is InChI=1S/2C20H15NO.C17H13NO.C16H12N2O.C16H13NO.C12H11NO.C11H11NO/c22-20(21-16-9-3-4-10-16)19-17-11-5-1-7-14(17)13-15-8-2-6-12-18(15)19;22-20(21-17-9-3-4-10-17)18-11-5-8-16-12-14-6-1-2-7-15(14)13-19(16)18;19-17(14-7-2-1-3-8-14)18-16-11-10-13-6-4-5-9-15(13)12-16;19-16(18-13-8-10-17-11-9-13)15-7-3-5-12-4-1-2-6-14(12)15;18-16(13-7-1-2-8-13)17-15-11-5-9-12-6-3-4-10-14(12)15;14-12(10-6-4-5-7-10)13-11-8-2-1-3-9-11;13-11(9-5-1-2-6-9)12-10-7-3-4-8-10/h2*1-9,11-13H,10H2,(H,21,22);1-12H,(H,18,19);1-11H,(H,17,18,19);1-7,9-11H,8H2,(H,17,18);1-6,8-9H,7H2,(H,13,14);1-5,7H,6,8H2,(H,12,13). The fourth-order valence-corrected chi connectivity index (χ4v) is 14.9. The predicted molar refractivity (Wildman–Crippen MR) is 519 cm³/mol. The van der Waals surface area contributed by atoms with Crippen LogP contribution < -0.4 is 37.2 Å². The summed E-state index contributed by atoms with van der Waals surface area (Å²) in [5.74, 6) is -0.282. The van der Waals surface area contributed by atoms with Crippen LogP contribution in [0.5, 0.6) is 0 Å². The van der Waals surface area contributed by atoms with E-state index in [1.54, 1.807) is 36.7 Å². The molecule has 0 unspecified atom stereocenters. The molecular formula is C112H90N8O7. The number of benzene rings is 14. The lowest BCUT2D eigenvalue weighted by molar-refractivity contribution is -0.117. The highest BCUT2D eigenvalue weighted by molar-refractivity contribution is 6.19. The Morgan fingerprint density at radius 2 is 0.583 bits per heavy atom. The molecule has 0 bridgehead atoms. The number of aromatic nitrogens is 1. The molecule has 0 spiro atoms. The van der Waals surface area contributed by atoms with Crippen molar-refractivity contribution in [2.75, 3.05) is 21.3 Å². The van der Waals surface area contributed by atoms with Crippen molar-refractivity contribution in [2.45, 2.75) is 38.5 Å². The first-order chi connectivity index (χ1) is 62.4. The second-order valence-corrected chi connectivity index (χ2v) is 30.1. The van der Waals surface area contributed by atoms with E-state index >= 15 is 0 Å². The van der Waals surface area contributed by atoms with Crippen molar-refractivity contribution in [3.63, 3.8) is 0 Å². The van der Waals surface area contributed by atoms with Crippen LogP contribution in [0.2, 0.25) is 0 Å². The second-order valence-electron chi connectivity index (χ2n) is 30.1. The van der Waals surface area contributed by atoms with Crippen LogP contribution in [0.25, 0.3) is 75.4 Å². The molecule has 0 fully saturated rings. The number of para-hydroxylation sites is 1. The van der Waals surface area contributed by atoms with Crippen LogP contribution >= 0.6 is 0 Å². The Morgan fingerprint density at radius 3 is 1.13 bits per heavy atom. The lowest BCUT2D eigenvalue weighted by atomic mass is 9.96. The molecule has 6 aliphatic carbocycles. The molecule has 0 aliphatic heterocycles. The summed E-state index contributed by atoms with van der Waals surface area (Å²) in [6.07, 6.45) is 43.0. The van der Waals surface area contributed by atoms with Crippen LogP contribution in [0.4, 0.5) is 22.7 Å². The van der Waals surface area contributed by atoms with E-state index in [-0.39, 0.29) is 41.4 Å². The van der Waals surface area contributed by atoms with Gasteiger partial charge in [-0.3, -0.25) is 38.5 Å². The number of nitrogens with zero attached hydrogens (tertiary/aromatic N) is 1. The minimum atomic E-state index is -0.108. The van der Waals surface area contributed by atoms with Crippen molar-refractivity contribution < 1.29 is 33.6 Å². The van der Waals surface area contributed by atoms with E-state index in [2.05, 4.69) is 96.8 Å². The van der Waals surface area contributed by atoms with Gasteiger partial charge in [-0.1, -0.05) is 316 Å². The molecule has 7 amide bonds. The van der Waals surface area contributed by atoms with Gasteiger partial charge < -0.3 is 37.2 Å². The number of amides is 7. The van der Waals surface area contributed by atoms with Gasteiger partial charge in [0.25, 0.3) is 41.4 Å². The van der Waals surface area contributed by atoms with Gasteiger partial charge in [0.05, 0.1) is 5.56 Å². The number of carbonyl (C=O) groups excluding carboxylic acids is 7. The molecule has 620 valence electrons. The van der Waals surface area contributed by atoms with E-state index in [1.807, 2.05) is 340 Å². The number of hydrogen-bond donors (Lipinski definition) is 7. The van der Waals surface area contributed by atoms with E-state index in [1.165, 1.54) is 10.8 Å². The zero-order valence-electron chi connectivity index (χ0n) is 69.5. The van der Waals surface area contributed by atoms with Gasteiger partial charge in [-0.25, -0.2) is 0 Å². The Bertz CT molecular complexity index is 6980. The summed E-state index contributed by atoms with van der Waals surface area (Å²) in [6, 6.07) is 100. The average molecular weight is 1660 g/mol. The number of carbonyl (C=O) groups is 7. The minimum absolute atomic E-state index is 0.0128. The van der Waals surface area contributed by atoms with Crippen molar-refractivity contribution in [3.8, 4) is 0 Å². The third kappa shape index (κ3) is 22.9. The molecule has 1 heterocycles. The zero-order valence-corrected chi connectivity index (χ0v) is 69.5. The maximum atomic E-state index is 12.8. The first kappa shape index (κ1) is 85.2. The average Bonchev–Trinajstić information content (AvgIpc) is 1.29. The number of hydrogen-bond acceptors (Lipinski definition) is 8. The lowest BCUT2D eigenvalue weighted by Gasteiger charge is -2.12. The summed E-state index contributed by atoms with van der Waals surface area (Å²) in [5.41, 5.74) is 11.4. The molecule has 21 rings (SSSR count). The molecule has 15 aromatic rings. The molecule has 15 heteroatoms. The summed E-state index contributed by atoms with van der Waals surface area (Å²) < 4.78 is 0. The van der Waals surface area contributed by atoms with Crippen LogP contribution in [-0.4, -0.2) is 46.3 Å². The number of anilines is 4. The predicted octanol–water partition coefficient (Wildman–Crippen LogP) is 24.7. The SMILES string of the molecule is O=C(NC1=CC=CC1)C1=CC=CC1.O=C(NC1=CC=CC1)c1c2ccccc2cc2ccccc12.O=C(NC1=CC=CC1)c1cccc2cc3ccccc3cc12.O=C(Nc1ccc2ccccc2c1)c1ccccc1.O=C(Nc1cccc2ccccc12)C1=CC=CC1.O=C(Nc1ccccc1)C1=CC=CC1.O=C(Nc1ccncc1)c1cccc2ccccc12. The van der Waals surface area contributed by atoms with Gasteiger partial charge >= 0.3 is 0 Å². The van der Waals surface area contributed by atoms with Crippen LogP contribution in [-0.2, 0) is 14.4 Å². The molecule has 0 atom stereocenters. The Labute approximate surface area is 736 Å². The molecule has 1 aromatic heterocycles. The summed E-state index contributed by atoms with van der Waals surface area (Å²) in [6.45, 7) is 0. The van der Waals surface area contributed by atoms with Gasteiger partial charge in [0.15, 0.2) is 0 Å². The number of pyridine rings is 1. The smallest absolute Gasteiger partial charge is 0.256 e. The van der Waals surface area contributed by atoms with Crippen LogP contribution in [0.3, 0.4) is 0 Å². The number of rotatable bonds is 14. The van der Waals surface area contributed by atoms with Crippen LogP contribution in [0.15, 0.2) is 465 Å². The summed E-state index contributed by atoms with van der Waals surface area (Å²) in [4.78, 5) is 88.8. The zero-order chi connectivity index (χ0) is 87.3. The molecular weight excluding hydrogens is 1570 g/mol. The number of fused-ring (bicyclic) bond motifs is 7. The maximum absolute atomic E-state index is 12.8. The molecule has 0 saturated heterocycles. The van der Waals surface area contributed by atoms with Crippen molar-refractivity contribution in [3.05, 3.63) is 487 Å². The molecule has 0 saturated carbocycles. The molecule has 7 N–H and O–H groups in total. The highest BCUT2D eigenvalue weighted by atomic mass is 16.2. The molecule has 6 aliphatic rings. The largest absolute Gasteiger partial charge is 0.326 e. The Morgan fingerprint density at radius 1 is 0.220 bits per heavy atom. The molecule has 14 aromatic carbocycles. The number of nitrogens with one attached hydrogen (secondary N) is 7. The van der Waals surface area contributed by atoms with Gasteiger partial charge in [-0.05, 0) is 192 Å². The van der Waals surface area contributed by atoms with Crippen LogP contribution in [0, 0.1) is 0 Å². The van der Waals surface area contributed by atoms with Gasteiger partial charge in [0.2, 0.25) is 0 Å². The first-order valence-electron chi connectivity index (χ1n) is 42.0. The fraction of sp³-hybridized carbons (Fsp3) is 0.0536. The van der Waals surface area contributed by atoms with E-state index in [0.29, 0.717) is 11.1 Å². The van der Waals surface area contributed by atoms with E-state index in [9.17, 15) is 33.6 Å². The van der Waals surface area contributed by atoms with E-state index in [4.69, 9.17) is 0 Å². The second kappa shape index (κ2) is 42.6.